The minimum atomic E-state index is -3.40. The molecule has 1 unspecified atom stereocenters. The van der Waals surface area contributed by atoms with Gasteiger partial charge in [0.1, 0.15) is 11.5 Å². The lowest BCUT2D eigenvalue weighted by atomic mass is 9.73. The number of rotatable bonds is 3. The standard InChI is InChI=1S/C47H34NO2P/c1-47(2)38-20-7-9-22-40(38)48(41-23-10-8-21-39(41)47)35-17-13-16-31(29-35)32-26-27-45-43(30-32)50-42-24-11-12-25-44(42)51(45,49)46-36-18-5-3-14-33(36)28-34-15-4-6-19-37(34)46/h3-30H,1-2H3. The van der Waals surface area contributed by atoms with Crippen LogP contribution in [0.4, 0.5) is 17.1 Å². The molecule has 0 saturated carbocycles. The zero-order valence-corrected chi connectivity index (χ0v) is 29.3. The average Bonchev–Trinajstić information content (AvgIpc) is 3.17. The first-order valence-corrected chi connectivity index (χ1v) is 19.2. The second kappa shape index (κ2) is 11.1. The zero-order chi connectivity index (χ0) is 34.3. The van der Waals surface area contributed by atoms with Gasteiger partial charge in [-0.2, -0.15) is 0 Å². The summed E-state index contributed by atoms with van der Waals surface area (Å²) in [6, 6.07) is 59.0. The number of fused-ring (bicyclic) bond motifs is 6. The van der Waals surface area contributed by atoms with Crippen LogP contribution in [0.5, 0.6) is 11.5 Å². The van der Waals surface area contributed by atoms with E-state index in [4.69, 9.17) is 4.74 Å². The third-order valence-electron chi connectivity index (χ3n) is 10.9. The van der Waals surface area contributed by atoms with Crippen LogP contribution in [0.1, 0.15) is 25.0 Å². The minimum absolute atomic E-state index is 0.128. The molecule has 3 nitrogen and oxygen atoms in total. The van der Waals surface area contributed by atoms with Crippen LogP contribution >= 0.6 is 7.14 Å². The van der Waals surface area contributed by atoms with Gasteiger partial charge in [0.15, 0.2) is 7.14 Å². The summed E-state index contributed by atoms with van der Waals surface area (Å²) < 4.78 is 22.9. The highest BCUT2D eigenvalue weighted by Gasteiger charge is 2.41. The largest absolute Gasteiger partial charge is 0.456 e. The second-order valence-corrected chi connectivity index (χ2v) is 16.7. The predicted molar refractivity (Wildman–Crippen MR) is 213 cm³/mol. The monoisotopic (exact) mass is 675 g/mol. The first-order chi connectivity index (χ1) is 24.9. The Labute approximate surface area is 297 Å². The van der Waals surface area contributed by atoms with E-state index in [1.165, 1.54) is 22.5 Å². The highest BCUT2D eigenvalue weighted by atomic mass is 31.2. The van der Waals surface area contributed by atoms with Crippen LogP contribution in [0.2, 0.25) is 0 Å². The SMILES string of the molecule is CC1(C)c2ccccc2N(c2cccc(-c3ccc4c(c3)Oc3ccccc3P4(=O)c3c4ccccc4cc4ccccc34)c2)c2ccccc21. The average molecular weight is 676 g/mol. The van der Waals surface area contributed by atoms with Crippen LogP contribution in [0, 0.1) is 0 Å². The quantitative estimate of drug-likeness (QED) is 0.138. The molecule has 0 amide bonds. The van der Waals surface area contributed by atoms with E-state index < -0.39 is 7.14 Å². The van der Waals surface area contributed by atoms with Gasteiger partial charge >= 0.3 is 0 Å². The van der Waals surface area contributed by atoms with Crippen molar-refractivity contribution in [2.24, 2.45) is 0 Å². The summed E-state index contributed by atoms with van der Waals surface area (Å²) in [5.74, 6) is 1.27. The van der Waals surface area contributed by atoms with Crippen molar-refractivity contribution in [2.75, 3.05) is 4.90 Å². The molecule has 0 N–H and O–H groups in total. The van der Waals surface area contributed by atoms with Crippen LogP contribution in [-0.2, 0) is 9.98 Å². The van der Waals surface area contributed by atoms with Crippen molar-refractivity contribution in [1.29, 1.82) is 0 Å². The summed E-state index contributed by atoms with van der Waals surface area (Å²) in [5, 5.41) is 6.49. The first-order valence-electron chi connectivity index (χ1n) is 17.5. The van der Waals surface area contributed by atoms with Crippen molar-refractivity contribution in [3.63, 3.8) is 0 Å². The lowest BCUT2D eigenvalue weighted by molar-refractivity contribution is 0.485. The van der Waals surface area contributed by atoms with Gasteiger partial charge in [0.2, 0.25) is 0 Å². The van der Waals surface area contributed by atoms with Crippen molar-refractivity contribution in [1.82, 2.24) is 0 Å². The number of anilines is 3. The fourth-order valence-corrected chi connectivity index (χ4v) is 11.7. The third kappa shape index (κ3) is 4.35. The van der Waals surface area contributed by atoms with Crippen molar-refractivity contribution in [3.05, 3.63) is 181 Å². The van der Waals surface area contributed by atoms with Gasteiger partial charge < -0.3 is 14.2 Å². The summed E-state index contributed by atoms with van der Waals surface area (Å²) in [6.07, 6.45) is 0. The van der Waals surface area contributed by atoms with Gasteiger partial charge in [-0.05, 0) is 98.4 Å². The van der Waals surface area contributed by atoms with E-state index in [-0.39, 0.29) is 5.41 Å². The van der Waals surface area contributed by atoms with Gasteiger partial charge in [-0.3, -0.25) is 0 Å². The van der Waals surface area contributed by atoms with Gasteiger partial charge in [0, 0.05) is 16.4 Å². The molecular weight excluding hydrogens is 641 g/mol. The Bertz CT molecular complexity index is 2660. The normalized spacial score (nSPS) is 16.9. The molecule has 4 heteroatoms. The molecule has 1 atom stereocenters. The fourth-order valence-electron chi connectivity index (χ4n) is 8.43. The summed E-state index contributed by atoms with van der Waals surface area (Å²) in [4.78, 5) is 2.38. The van der Waals surface area contributed by atoms with E-state index in [2.05, 4.69) is 134 Å². The van der Waals surface area contributed by atoms with Gasteiger partial charge in [0.05, 0.1) is 22.0 Å². The molecule has 0 aliphatic carbocycles. The molecule has 0 saturated heterocycles. The molecular formula is C47H34NO2P. The Morgan fingerprint density at radius 3 is 1.78 bits per heavy atom. The van der Waals surface area contributed by atoms with Gasteiger partial charge in [0.25, 0.3) is 0 Å². The smallest absolute Gasteiger partial charge is 0.179 e. The van der Waals surface area contributed by atoms with Crippen LogP contribution in [0.15, 0.2) is 170 Å². The summed E-state index contributed by atoms with van der Waals surface area (Å²) in [7, 11) is -3.40. The molecule has 0 bridgehead atoms. The summed E-state index contributed by atoms with van der Waals surface area (Å²) in [5.41, 5.74) is 7.99. The molecule has 0 spiro atoms. The maximum Gasteiger partial charge on any atom is 0.179 e. The van der Waals surface area contributed by atoms with E-state index in [0.29, 0.717) is 11.5 Å². The fraction of sp³-hybridized carbons (Fsp3) is 0.0638. The molecule has 2 aliphatic rings. The zero-order valence-electron chi connectivity index (χ0n) is 28.4. The van der Waals surface area contributed by atoms with E-state index in [9.17, 15) is 0 Å². The molecule has 8 aromatic carbocycles. The topological polar surface area (TPSA) is 29.5 Å². The van der Waals surface area contributed by atoms with Crippen LogP contribution in [0.3, 0.4) is 0 Å². The van der Waals surface area contributed by atoms with Crippen LogP contribution in [-0.4, -0.2) is 0 Å². The Hall–Kier alpha value is -5.89. The van der Waals surface area contributed by atoms with E-state index >= 15 is 4.57 Å². The van der Waals surface area contributed by atoms with Crippen LogP contribution < -0.4 is 25.6 Å². The van der Waals surface area contributed by atoms with E-state index in [1.54, 1.807) is 0 Å². The molecule has 0 radical (unpaired) electrons. The molecule has 0 fully saturated rings. The first kappa shape index (κ1) is 30.0. The maximum absolute atomic E-state index is 16.2. The third-order valence-corrected chi connectivity index (χ3v) is 14.1. The molecule has 10 rings (SSSR count). The minimum Gasteiger partial charge on any atom is -0.456 e. The predicted octanol–water partition coefficient (Wildman–Crippen LogP) is 11.5. The Morgan fingerprint density at radius 2 is 1.08 bits per heavy atom. The van der Waals surface area contributed by atoms with Crippen molar-refractivity contribution < 1.29 is 9.30 Å². The maximum atomic E-state index is 16.2. The molecule has 244 valence electrons. The molecule has 2 heterocycles. The summed E-state index contributed by atoms with van der Waals surface area (Å²) >= 11 is 0. The molecule has 51 heavy (non-hydrogen) atoms. The van der Waals surface area contributed by atoms with E-state index in [0.717, 1.165) is 54.3 Å². The highest BCUT2D eigenvalue weighted by Crippen LogP contribution is 2.55. The van der Waals surface area contributed by atoms with Gasteiger partial charge in [-0.25, -0.2) is 0 Å². The lowest BCUT2D eigenvalue weighted by Crippen LogP contribution is -2.31. The number of hydrogen-bond acceptors (Lipinski definition) is 3. The number of nitrogens with zero attached hydrogens (tertiary/aromatic N) is 1. The van der Waals surface area contributed by atoms with Gasteiger partial charge in [-0.1, -0.05) is 129 Å². The number of benzene rings is 8. The van der Waals surface area contributed by atoms with Crippen molar-refractivity contribution in [3.8, 4) is 22.6 Å². The van der Waals surface area contributed by atoms with Gasteiger partial charge in [-0.15, -0.1) is 0 Å². The second-order valence-electron chi connectivity index (χ2n) is 14.1. The lowest BCUT2D eigenvalue weighted by Gasteiger charge is -2.42. The Balaban J connectivity index is 1.16. The summed E-state index contributed by atoms with van der Waals surface area (Å²) in [6.45, 7) is 4.62. The highest BCUT2D eigenvalue weighted by molar-refractivity contribution is 7.86. The number of para-hydroxylation sites is 3. The van der Waals surface area contributed by atoms with Crippen molar-refractivity contribution in [2.45, 2.75) is 19.3 Å². The molecule has 8 aromatic rings. The Morgan fingerprint density at radius 1 is 0.510 bits per heavy atom. The van der Waals surface area contributed by atoms with Crippen LogP contribution in [0.25, 0.3) is 32.7 Å². The number of hydrogen-bond donors (Lipinski definition) is 0. The number of ether oxygens (including phenoxy) is 1. The Kier molecular flexibility index (Phi) is 6.50. The van der Waals surface area contributed by atoms with E-state index in [1.807, 2.05) is 54.6 Å². The molecule has 0 aromatic heterocycles. The molecule has 2 aliphatic heterocycles. The van der Waals surface area contributed by atoms with Crippen molar-refractivity contribution >= 4 is 61.7 Å².